The molecule has 0 aliphatic carbocycles. The second kappa shape index (κ2) is 39.0. The number of likely N-dealkylation sites (N-methyl/N-ethyl adjacent to an activating group) is 1. The normalized spacial score (nSPS) is 13.8. The lowest BCUT2D eigenvalue weighted by Gasteiger charge is -2.28. The van der Waals surface area contributed by atoms with E-state index in [1.165, 1.54) is 122 Å². The summed E-state index contributed by atoms with van der Waals surface area (Å²) >= 11 is 0. The molecule has 10 heteroatoms. The highest BCUT2D eigenvalue weighted by Crippen LogP contribution is 2.38. The van der Waals surface area contributed by atoms with E-state index in [2.05, 4.69) is 38.2 Å². The first-order valence-corrected chi connectivity index (χ1v) is 24.5. The molecule has 56 heavy (non-hydrogen) atoms. The maximum atomic E-state index is 12.7. The maximum absolute atomic E-state index is 12.7. The second-order valence-corrected chi connectivity index (χ2v) is 18.2. The number of phosphoric ester groups is 1. The smallest absolute Gasteiger partial charge is 0.306 e. The molecule has 0 spiro atoms. The Labute approximate surface area is 345 Å². The molecule has 0 bridgehead atoms. The van der Waals surface area contributed by atoms with Gasteiger partial charge in [-0.2, -0.15) is 0 Å². The van der Waals surface area contributed by atoms with Crippen molar-refractivity contribution in [1.82, 2.24) is 0 Å². The van der Waals surface area contributed by atoms with Crippen LogP contribution in [0.1, 0.15) is 206 Å². The summed E-state index contributed by atoms with van der Waals surface area (Å²) in [6.45, 7) is 4.21. The van der Waals surface area contributed by atoms with E-state index in [0.29, 0.717) is 17.4 Å². The molecule has 0 aromatic rings. The quantitative estimate of drug-likeness (QED) is 0.0197. The van der Waals surface area contributed by atoms with Crippen LogP contribution in [-0.4, -0.2) is 70.0 Å². The standard InChI is InChI=1S/C46H88NO8P/c1-6-8-10-12-14-16-18-20-22-23-25-26-28-30-32-34-36-38-45(48)52-42-44(43-54-56(50,51)53-41-40-47(3,4)5)55-46(49)39-37-35-33-31-29-27-24-21-19-17-15-13-11-9-7-2/h14,16,20,22,44H,6-13,15,17-19,21,23-43H2,1-5H3/b16-14-,22-20-/t44-/m1/s1. The molecule has 0 radical (unpaired) electrons. The van der Waals surface area contributed by atoms with Gasteiger partial charge in [0.15, 0.2) is 6.10 Å². The van der Waals surface area contributed by atoms with Crippen LogP contribution in [0.4, 0.5) is 0 Å². The molecule has 0 aromatic carbocycles. The van der Waals surface area contributed by atoms with Crippen LogP contribution in [0.25, 0.3) is 0 Å². The van der Waals surface area contributed by atoms with Gasteiger partial charge in [0.1, 0.15) is 19.8 Å². The van der Waals surface area contributed by atoms with Crippen molar-refractivity contribution in [2.24, 2.45) is 0 Å². The monoisotopic (exact) mass is 814 g/mol. The number of hydrogen-bond donors (Lipinski definition) is 0. The molecule has 0 aromatic heterocycles. The van der Waals surface area contributed by atoms with Gasteiger partial charge in [-0.25, -0.2) is 0 Å². The number of unbranched alkanes of at least 4 members (excludes halogenated alkanes) is 24. The van der Waals surface area contributed by atoms with Crippen LogP contribution in [0.3, 0.4) is 0 Å². The zero-order chi connectivity index (χ0) is 41.4. The van der Waals surface area contributed by atoms with Crippen molar-refractivity contribution < 1.29 is 42.1 Å². The van der Waals surface area contributed by atoms with Crippen LogP contribution in [-0.2, 0) is 32.7 Å². The van der Waals surface area contributed by atoms with E-state index in [4.69, 9.17) is 18.5 Å². The Hall–Kier alpha value is -1.51. The topological polar surface area (TPSA) is 111 Å². The number of phosphoric acid groups is 1. The highest BCUT2D eigenvalue weighted by Gasteiger charge is 2.21. The minimum atomic E-state index is -4.62. The van der Waals surface area contributed by atoms with Crippen molar-refractivity contribution in [3.63, 3.8) is 0 Å². The van der Waals surface area contributed by atoms with Gasteiger partial charge in [-0.1, -0.05) is 173 Å². The highest BCUT2D eigenvalue weighted by atomic mass is 31.2. The van der Waals surface area contributed by atoms with Gasteiger partial charge in [-0.3, -0.25) is 14.2 Å². The lowest BCUT2D eigenvalue weighted by Crippen LogP contribution is -2.37. The fourth-order valence-corrected chi connectivity index (χ4v) is 7.06. The summed E-state index contributed by atoms with van der Waals surface area (Å²) in [5, 5.41) is 0. The summed E-state index contributed by atoms with van der Waals surface area (Å²) in [7, 11) is 1.17. The van der Waals surface area contributed by atoms with E-state index < -0.39 is 26.5 Å². The van der Waals surface area contributed by atoms with Gasteiger partial charge in [0, 0.05) is 12.8 Å². The van der Waals surface area contributed by atoms with Crippen molar-refractivity contribution in [2.75, 3.05) is 47.5 Å². The van der Waals surface area contributed by atoms with Crippen molar-refractivity contribution in [3.8, 4) is 0 Å². The summed E-state index contributed by atoms with van der Waals surface area (Å²) in [5.41, 5.74) is 0. The average molecular weight is 814 g/mol. The van der Waals surface area contributed by atoms with Gasteiger partial charge in [0.25, 0.3) is 7.82 Å². The van der Waals surface area contributed by atoms with Gasteiger partial charge < -0.3 is 27.9 Å². The van der Waals surface area contributed by atoms with E-state index in [1.54, 1.807) is 0 Å². The zero-order valence-electron chi connectivity index (χ0n) is 37.1. The number of allylic oxidation sites excluding steroid dienone is 4. The van der Waals surface area contributed by atoms with Crippen molar-refractivity contribution in [1.29, 1.82) is 0 Å². The summed E-state index contributed by atoms with van der Waals surface area (Å²) in [4.78, 5) is 37.6. The van der Waals surface area contributed by atoms with E-state index in [0.717, 1.165) is 51.4 Å². The number of quaternary nitrogens is 1. The van der Waals surface area contributed by atoms with Crippen molar-refractivity contribution in [2.45, 2.75) is 213 Å². The molecule has 0 amide bonds. The minimum absolute atomic E-state index is 0.0301. The number of ether oxygens (including phenoxy) is 2. The van der Waals surface area contributed by atoms with Crippen LogP contribution in [0, 0.1) is 0 Å². The fourth-order valence-electron chi connectivity index (χ4n) is 6.33. The molecule has 2 atom stereocenters. The third kappa shape index (κ3) is 42.1. The molecule has 1 unspecified atom stereocenters. The average Bonchev–Trinajstić information content (AvgIpc) is 3.15. The SMILES string of the molecule is CCCCC/C=C\C/C=C\CCCCCCCCCC(=O)OC[C@H](COP(=O)([O-])OCC[N+](C)(C)C)OC(=O)CCCCCCCCCCCCCCCCC. The predicted octanol–water partition coefficient (Wildman–Crippen LogP) is 12.5. The Morgan fingerprint density at radius 3 is 1.45 bits per heavy atom. The molecule has 0 aliphatic heterocycles. The van der Waals surface area contributed by atoms with E-state index in [-0.39, 0.29) is 32.0 Å². The first-order valence-electron chi connectivity index (χ1n) is 23.0. The fraction of sp³-hybridized carbons (Fsp3) is 0.870. The van der Waals surface area contributed by atoms with E-state index >= 15 is 0 Å². The number of rotatable bonds is 42. The number of esters is 2. The molecule has 0 heterocycles. The summed E-state index contributed by atoms with van der Waals surface area (Å²) in [6, 6.07) is 0. The van der Waals surface area contributed by atoms with Gasteiger partial charge in [0.05, 0.1) is 27.7 Å². The molecular weight excluding hydrogens is 725 g/mol. The Balaban J connectivity index is 4.32. The number of nitrogens with zero attached hydrogens (tertiary/aromatic N) is 1. The molecule has 0 saturated carbocycles. The zero-order valence-corrected chi connectivity index (χ0v) is 38.0. The van der Waals surface area contributed by atoms with Crippen molar-refractivity contribution in [3.05, 3.63) is 24.3 Å². The number of hydrogen-bond acceptors (Lipinski definition) is 8. The van der Waals surface area contributed by atoms with Crippen LogP contribution in [0.2, 0.25) is 0 Å². The predicted molar refractivity (Wildman–Crippen MR) is 231 cm³/mol. The Morgan fingerprint density at radius 1 is 0.554 bits per heavy atom. The van der Waals surface area contributed by atoms with E-state index in [9.17, 15) is 19.0 Å². The van der Waals surface area contributed by atoms with Crippen LogP contribution >= 0.6 is 7.82 Å². The largest absolute Gasteiger partial charge is 0.756 e. The summed E-state index contributed by atoms with van der Waals surface area (Å²) in [5.74, 6) is -0.835. The number of carbonyl (C=O) groups is 2. The van der Waals surface area contributed by atoms with Crippen LogP contribution < -0.4 is 4.89 Å². The molecule has 0 aliphatic rings. The minimum Gasteiger partial charge on any atom is -0.756 e. The maximum Gasteiger partial charge on any atom is 0.306 e. The molecule has 330 valence electrons. The molecule has 9 nitrogen and oxygen atoms in total. The lowest BCUT2D eigenvalue weighted by molar-refractivity contribution is -0.870. The summed E-state index contributed by atoms with van der Waals surface area (Å²) < 4.78 is 33.9. The van der Waals surface area contributed by atoms with E-state index in [1.807, 2.05) is 21.1 Å². The third-order valence-electron chi connectivity index (χ3n) is 9.97. The van der Waals surface area contributed by atoms with Crippen LogP contribution in [0.15, 0.2) is 24.3 Å². The Kier molecular flexibility index (Phi) is 37.9. The molecule has 0 rings (SSSR count). The van der Waals surface area contributed by atoms with Gasteiger partial charge in [0.2, 0.25) is 0 Å². The van der Waals surface area contributed by atoms with Gasteiger partial charge in [-0.15, -0.1) is 0 Å². The number of carbonyl (C=O) groups excluding carboxylic acids is 2. The lowest BCUT2D eigenvalue weighted by atomic mass is 10.0. The molecule has 0 saturated heterocycles. The van der Waals surface area contributed by atoms with Crippen LogP contribution in [0.5, 0.6) is 0 Å². The highest BCUT2D eigenvalue weighted by molar-refractivity contribution is 7.45. The molecular formula is C46H88NO8P. The molecule has 0 N–H and O–H groups in total. The van der Waals surface area contributed by atoms with Gasteiger partial charge in [-0.05, 0) is 44.9 Å². The third-order valence-corrected chi connectivity index (χ3v) is 10.9. The van der Waals surface area contributed by atoms with Gasteiger partial charge >= 0.3 is 11.9 Å². The summed E-state index contributed by atoms with van der Waals surface area (Å²) in [6.07, 6.45) is 41.9. The Morgan fingerprint density at radius 2 is 0.964 bits per heavy atom. The first kappa shape index (κ1) is 54.5. The first-order chi connectivity index (χ1) is 27.0. The molecule has 0 fully saturated rings. The van der Waals surface area contributed by atoms with Crippen molar-refractivity contribution >= 4 is 19.8 Å². The second-order valence-electron chi connectivity index (χ2n) is 16.8. The Bertz CT molecular complexity index is 1010.